The summed E-state index contributed by atoms with van der Waals surface area (Å²) >= 11 is 8.88. The van der Waals surface area contributed by atoms with E-state index in [0.29, 0.717) is 37.8 Å². The minimum absolute atomic E-state index is 0.407. The molecule has 5 atom stereocenters. The number of hydrogen-bond acceptors (Lipinski definition) is 12. The molecule has 0 saturated carbocycles. The van der Waals surface area contributed by atoms with Gasteiger partial charge in [0, 0.05) is 29.8 Å². The Labute approximate surface area is 219 Å². The van der Waals surface area contributed by atoms with Crippen LogP contribution in [0.25, 0.3) is 22.8 Å². The number of aliphatic hydroxyl groups excluding tert-OH is 2. The van der Waals surface area contributed by atoms with Gasteiger partial charge in [0.2, 0.25) is 0 Å². The maximum absolute atomic E-state index is 11.1. The van der Waals surface area contributed by atoms with Gasteiger partial charge >= 0.3 is 0 Å². The predicted octanol–water partition coefficient (Wildman–Crippen LogP) is 2.52. The molecule has 4 aromatic rings. The number of thiazole rings is 1. The number of nitrogens with zero attached hydrogens (tertiary/aromatic N) is 6. The number of ether oxygens (including phenoxy) is 2. The fraction of sp³-hybridized carbons (Fsp3) is 0.318. The molecule has 1 saturated heterocycles. The SMILES string of the molecule is COC1[C@@H](Sc2cc(Cl)cnc2-c2ccccn2)OC(CO)[C@H](O)[C@@H]1n1cc(-c2csc(N)n2)nn1. The average molecular weight is 548 g/mol. The first kappa shape index (κ1) is 25.0. The van der Waals surface area contributed by atoms with Crippen LogP contribution in [0.2, 0.25) is 5.02 Å². The summed E-state index contributed by atoms with van der Waals surface area (Å²) in [5, 5.41) is 32.1. The maximum Gasteiger partial charge on any atom is 0.180 e. The first-order valence-electron chi connectivity index (χ1n) is 10.8. The molecule has 1 aliphatic heterocycles. The Hall–Kier alpha value is -2.65. The van der Waals surface area contributed by atoms with E-state index in [1.807, 2.05) is 18.2 Å². The molecule has 4 aromatic heterocycles. The molecule has 0 bridgehead atoms. The second-order valence-electron chi connectivity index (χ2n) is 7.89. The van der Waals surface area contributed by atoms with Crippen molar-refractivity contribution in [3.63, 3.8) is 0 Å². The van der Waals surface area contributed by atoms with Crippen LogP contribution >= 0.6 is 34.7 Å². The van der Waals surface area contributed by atoms with Crippen LogP contribution in [-0.4, -0.2) is 77.6 Å². The lowest BCUT2D eigenvalue weighted by molar-refractivity contribution is -0.186. The highest BCUT2D eigenvalue weighted by Crippen LogP contribution is 2.42. The zero-order chi connectivity index (χ0) is 25.2. The second kappa shape index (κ2) is 10.8. The van der Waals surface area contributed by atoms with Gasteiger partial charge in [0.1, 0.15) is 46.9 Å². The summed E-state index contributed by atoms with van der Waals surface area (Å²) in [6.07, 6.45) is 2.19. The van der Waals surface area contributed by atoms with Crippen LogP contribution in [-0.2, 0) is 9.47 Å². The molecule has 4 N–H and O–H groups in total. The molecule has 36 heavy (non-hydrogen) atoms. The number of nitrogens with two attached hydrogens (primary N) is 1. The van der Waals surface area contributed by atoms with Crippen molar-refractivity contribution in [1.29, 1.82) is 0 Å². The molecule has 5 heterocycles. The van der Waals surface area contributed by atoms with Crippen LogP contribution in [0.3, 0.4) is 0 Å². The lowest BCUT2D eigenvalue weighted by atomic mass is 9.97. The number of nitrogen functional groups attached to an aromatic ring is 1. The van der Waals surface area contributed by atoms with Gasteiger partial charge in [-0.05, 0) is 18.2 Å². The largest absolute Gasteiger partial charge is 0.394 e. The van der Waals surface area contributed by atoms with Crippen molar-refractivity contribution in [3.8, 4) is 22.8 Å². The first-order chi connectivity index (χ1) is 17.5. The Bertz CT molecular complexity index is 1320. The fourth-order valence-corrected chi connectivity index (χ4v) is 6.08. The second-order valence-corrected chi connectivity index (χ2v) is 10.4. The van der Waals surface area contributed by atoms with E-state index in [4.69, 9.17) is 26.8 Å². The lowest BCUT2D eigenvalue weighted by Crippen LogP contribution is -2.55. The number of anilines is 1. The zero-order valence-electron chi connectivity index (χ0n) is 18.9. The maximum atomic E-state index is 11.1. The van der Waals surface area contributed by atoms with Crippen LogP contribution in [0.4, 0.5) is 5.13 Å². The van der Waals surface area contributed by atoms with Crippen molar-refractivity contribution in [3.05, 3.63) is 53.3 Å². The van der Waals surface area contributed by atoms with Gasteiger partial charge in [0.25, 0.3) is 0 Å². The molecular formula is C22H22ClN7O4S2. The lowest BCUT2D eigenvalue weighted by Gasteiger charge is -2.43. The monoisotopic (exact) mass is 547 g/mol. The number of pyridine rings is 2. The Morgan fingerprint density at radius 1 is 1.28 bits per heavy atom. The summed E-state index contributed by atoms with van der Waals surface area (Å²) in [5.74, 6) is 0. The Morgan fingerprint density at radius 3 is 2.83 bits per heavy atom. The summed E-state index contributed by atoms with van der Waals surface area (Å²) < 4.78 is 13.4. The minimum atomic E-state index is -1.13. The van der Waals surface area contributed by atoms with Gasteiger partial charge in [0.05, 0.1) is 23.5 Å². The fourth-order valence-electron chi connectivity index (χ4n) is 3.98. The standard InChI is InChI=1S/C22H22ClN7O4S2/c1-33-20-18(30-8-13(28-29-30)14-10-35-22(24)27-14)19(32)15(9-31)34-21(20)36-16-6-11(23)7-26-17(16)12-4-2-3-5-25-12/h2-8,10,15,18-21,31-32H,9H2,1H3,(H2,24,27)/t15?,18-,19-,20?,21+/m0/s1. The van der Waals surface area contributed by atoms with Crippen molar-refractivity contribution < 1.29 is 19.7 Å². The zero-order valence-corrected chi connectivity index (χ0v) is 21.3. The molecule has 11 nitrogen and oxygen atoms in total. The van der Waals surface area contributed by atoms with E-state index in [-0.39, 0.29) is 0 Å². The van der Waals surface area contributed by atoms with Crippen LogP contribution < -0.4 is 5.73 Å². The smallest absolute Gasteiger partial charge is 0.180 e. The molecule has 1 fully saturated rings. The number of hydrogen-bond donors (Lipinski definition) is 3. The van der Waals surface area contributed by atoms with Gasteiger partial charge < -0.3 is 25.4 Å². The molecule has 188 valence electrons. The summed E-state index contributed by atoms with van der Waals surface area (Å²) in [6.45, 7) is -0.407. The highest BCUT2D eigenvalue weighted by Gasteiger charge is 2.47. The summed E-state index contributed by atoms with van der Waals surface area (Å²) in [4.78, 5) is 13.8. The predicted molar refractivity (Wildman–Crippen MR) is 135 cm³/mol. The number of aliphatic hydroxyl groups is 2. The molecule has 5 rings (SSSR count). The van der Waals surface area contributed by atoms with Crippen molar-refractivity contribution in [2.45, 2.75) is 34.7 Å². The van der Waals surface area contributed by atoms with E-state index in [2.05, 4.69) is 25.3 Å². The molecule has 14 heteroatoms. The van der Waals surface area contributed by atoms with Gasteiger partial charge in [-0.25, -0.2) is 9.67 Å². The number of halogens is 1. The molecule has 1 aliphatic rings. The molecule has 2 unspecified atom stereocenters. The topological polar surface area (TPSA) is 154 Å². The van der Waals surface area contributed by atoms with Crippen LogP contribution in [0.15, 0.2) is 53.1 Å². The number of aromatic nitrogens is 6. The van der Waals surface area contributed by atoms with E-state index in [9.17, 15) is 10.2 Å². The minimum Gasteiger partial charge on any atom is -0.394 e. The third-order valence-corrected chi connectivity index (χ3v) is 7.72. The van der Waals surface area contributed by atoms with Gasteiger partial charge in [-0.1, -0.05) is 34.6 Å². The molecule has 0 spiro atoms. The third-order valence-electron chi connectivity index (χ3n) is 5.67. The van der Waals surface area contributed by atoms with Crippen molar-refractivity contribution in [2.24, 2.45) is 0 Å². The van der Waals surface area contributed by atoms with Crippen LogP contribution in [0, 0.1) is 0 Å². The number of thioether (sulfide) groups is 1. The van der Waals surface area contributed by atoms with Gasteiger partial charge in [0.15, 0.2) is 5.13 Å². The van der Waals surface area contributed by atoms with Gasteiger partial charge in [-0.3, -0.25) is 9.97 Å². The van der Waals surface area contributed by atoms with Crippen molar-refractivity contribution >= 4 is 39.8 Å². The van der Waals surface area contributed by atoms with E-state index in [1.54, 1.807) is 30.0 Å². The number of rotatable bonds is 7. The van der Waals surface area contributed by atoms with Crippen LogP contribution in [0.1, 0.15) is 6.04 Å². The highest BCUT2D eigenvalue weighted by atomic mass is 35.5. The third kappa shape index (κ3) is 4.95. The molecule has 0 amide bonds. The van der Waals surface area contributed by atoms with Crippen molar-refractivity contribution in [2.75, 3.05) is 19.5 Å². The Kier molecular flexibility index (Phi) is 7.48. The Morgan fingerprint density at radius 2 is 2.14 bits per heavy atom. The Balaban J connectivity index is 1.49. The van der Waals surface area contributed by atoms with E-state index >= 15 is 0 Å². The average Bonchev–Trinajstić information content (AvgIpc) is 3.54. The first-order valence-corrected chi connectivity index (χ1v) is 13.0. The quantitative estimate of drug-likeness (QED) is 0.312. The molecule has 0 aromatic carbocycles. The normalized spacial score (nSPS) is 24.2. The summed E-state index contributed by atoms with van der Waals surface area (Å²) in [7, 11) is 1.52. The van der Waals surface area contributed by atoms with E-state index < -0.39 is 36.4 Å². The van der Waals surface area contributed by atoms with E-state index in [1.165, 1.54) is 34.9 Å². The molecule has 0 radical (unpaired) electrons. The van der Waals surface area contributed by atoms with Gasteiger partial charge in [-0.15, -0.1) is 16.4 Å². The van der Waals surface area contributed by atoms with Crippen LogP contribution in [0.5, 0.6) is 0 Å². The van der Waals surface area contributed by atoms with E-state index in [0.717, 1.165) is 0 Å². The summed E-state index contributed by atoms with van der Waals surface area (Å²) in [5.41, 5.74) is 7.45. The molecule has 0 aliphatic carbocycles. The highest BCUT2D eigenvalue weighted by molar-refractivity contribution is 8.00. The molecular weight excluding hydrogens is 526 g/mol. The number of methoxy groups -OCH3 is 1. The van der Waals surface area contributed by atoms with Crippen molar-refractivity contribution in [1.82, 2.24) is 29.9 Å². The summed E-state index contributed by atoms with van der Waals surface area (Å²) in [6, 6.07) is 6.59. The van der Waals surface area contributed by atoms with Gasteiger partial charge in [-0.2, -0.15) is 0 Å².